The van der Waals surface area contributed by atoms with Crippen molar-refractivity contribution in [3.05, 3.63) is 130 Å². The number of fused-ring (bicyclic) bond motifs is 14. The third kappa shape index (κ3) is 5.95. The van der Waals surface area contributed by atoms with Gasteiger partial charge in [0.15, 0.2) is 23.3 Å². The summed E-state index contributed by atoms with van der Waals surface area (Å²) in [6.45, 7) is 3.94. The van der Waals surface area contributed by atoms with Crippen molar-refractivity contribution >= 4 is 65.4 Å². The van der Waals surface area contributed by atoms with Crippen LogP contribution in [0.2, 0.25) is 0 Å². The number of aliphatic imine (C=N–C) groups is 4. The standard InChI is InChI=1S/C45H46N10O2Si/c1-6-7-8-17-26-56-58(57-29(27-52(2)3)28-53(4)5)54-42-34-22-13-14-23-35(34)44(54)50-40-32-20-11-12-21-33(32)41(47-40)51-45-37-25-16-15-24-36(37)43(55(45)58)49-39-31-19-10-9-18-30(31)38(46-39)48-42/h9-16,18-25,29H,6-8,17,26-28H2,1-5H3. The van der Waals surface area contributed by atoms with E-state index in [1.54, 1.807) is 0 Å². The number of likely N-dealkylation sites (N-methyl/N-ethyl adjacent to an activating group) is 2. The summed E-state index contributed by atoms with van der Waals surface area (Å²) in [5, 5.41) is 3.63. The van der Waals surface area contributed by atoms with Crippen LogP contribution in [0, 0.1) is 0 Å². The van der Waals surface area contributed by atoms with Crippen molar-refractivity contribution in [3.63, 3.8) is 0 Å². The molecule has 10 rings (SSSR count). The van der Waals surface area contributed by atoms with Gasteiger partial charge in [0.05, 0.1) is 6.10 Å². The summed E-state index contributed by atoms with van der Waals surface area (Å²) in [6.07, 6.45) is 3.78. The van der Waals surface area contributed by atoms with Crippen LogP contribution in [0.1, 0.15) is 54.9 Å². The summed E-state index contributed by atoms with van der Waals surface area (Å²) in [5.74, 6) is 3.63. The smallest absolute Gasteiger partial charge is 0.361 e. The molecule has 4 aromatic carbocycles. The maximum absolute atomic E-state index is 7.96. The van der Waals surface area contributed by atoms with E-state index in [0.717, 1.165) is 69.5 Å². The van der Waals surface area contributed by atoms with E-state index in [1.165, 1.54) is 0 Å². The molecule has 0 aliphatic carbocycles. The van der Waals surface area contributed by atoms with E-state index in [-0.39, 0.29) is 6.10 Å². The van der Waals surface area contributed by atoms with Gasteiger partial charge in [0.25, 0.3) is 0 Å². The van der Waals surface area contributed by atoms with Crippen LogP contribution in [0.25, 0.3) is 21.5 Å². The van der Waals surface area contributed by atoms with Crippen LogP contribution in [0.4, 0.5) is 11.6 Å². The number of hydrogen-bond donors (Lipinski definition) is 0. The van der Waals surface area contributed by atoms with Gasteiger partial charge in [-0.25, -0.2) is 30.0 Å². The zero-order valence-electron chi connectivity index (χ0n) is 33.6. The lowest BCUT2D eigenvalue weighted by molar-refractivity contribution is 0.0616. The van der Waals surface area contributed by atoms with Gasteiger partial charge in [-0.15, -0.1) is 0 Å². The molecule has 0 fully saturated rings. The largest absolute Gasteiger partial charge is 0.603 e. The van der Waals surface area contributed by atoms with Gasteiger partial charge in [0.2, 0.25) is 0 Å². The predicted octanol–water partition coefficient (Wildman–Crippen LogP) is 6.48. The minimum Gasteiger partial charge on any atom is -0.361 e. The van der Waals surface area contributed by atoms with Gasteiger partial charge in [-0.3, -0.25) is 8.47 Å². The number of amidine groups is 4. The van der Waals surface area contributed by atoms with Gasteiger partial charge < -0.3 is 18.7 Å². The number of rotatable bonds is 12. The molecule has 6 aromatic rings. The molecule has 0 saturated carbocycles. The summed E-state index contributed by atoms with van der Waals surface area (Å²) >= 11 is 0. The van der Waals surface area contributed by atoms with Crippen LogP contribution in [-0.4, -0.2) is 104 Å². The van der Waals surface area contributed by atoms with Gasteiger partial charge >= 0.3 is 8.88 Å². The van der Waals surface area contributed by atoms with Crippen molar-refractivity contribution in [2.45, 2.75) is 38.7 Å². The maximum atomic E-state index is 7.96. The highest BCUT2D eigenvalue weighted by molar-refractivity contribution is 6.66. The van der Waals surface area contributed by atoms with Gasteiger partial charge in [0, 0.05) is 63.5 Å². The zero-order valence-corrected chi connectivity index (χ0v) is 34.6. The molecule has 0 spiro atoms. The van der Waals surface area contributed by atoms with E-state index >= 15 is 0 Å². The fourth-order valence-corrected chi connectivity index (χ4v) is 12.1. The Morgan fingerprint density at radius 3 is 1.40 bits per heavy atom. The van der Waals surface area contributed by atoms with Crippen LogP contribution in [0.3, 0.4) is 0 Å². The molecule has 0 N–H and O–H groups in total. The Balaban J connectivity index is 1.45. The van der Waals surface area contributed by atoms with Crippen LogP contribution < -0.4 is 11.0 Å². The highest BCUT2D eigenvalue weighted by atomic mass is 28.4. The molecule has 4 aliphatic heterocycles. The monoisotopic (exact) mass is 786 g/mol. The minimum atomic E-state index is -4.20. The minimum absolute atomic E-state index is 0.312. The van der Waals surface area contributed by atoms with E-state index in [2.05, 4.69) is 126 Å². The highest BCUT2D eigenvalue weighted by Gasteiger charge is 2.54. The van der Waals surface area contributed by atoms with Crippen molar-refractivity contribution < 1.29 is 8.85 Å². The summed E-state index contributed by atoms with van der Waals surface area (Å²) in [7, 11) is 4.14. The predicted molar refractivity (Wildman–Crippen MR) is 233 cm³/mol. The van der Waals surface area contributed by atoms with E-state index in [4.69, 9.17) is 38.8 Å². The lowest BCUT2D eigenvalue weighted by Crippen LogP contribution is -2.66. The van der Waals surface area contributed by atoms with Crippen LogP contribution in [-0.2, 0) is 8.85 Å². The summed E-state index contributed by atoms with van der Waals surface area (Å²) in [6, 6.07) is 33.1. The van der Waals surface area contributed by atoms with E-state index in [9.17, 15) is 0 Å². The first-order chi connectivity index (χ1) is 28.3. The number of unbranched alkanes of at least 4 members (excludes halogenated alkanes) is 3. The third-order valence-electron chi connectivity index (χ3n) is 11.1. The van der Waals surface area contributed by atoms with E-state index in [1.807, 2.05) is 24.3 Å². The highest BCUT2D eigenvalue weighted by Crippen LogP contribution is 2.44. The Bertz CT molecular complexity index is 2710. The molecule has 6 bridgehead atoms. The molecule has 0 radical (unpaired) electrons. The lowest BCUT2D eigenvalue weighted by Gasteiger charge is -2.37. The molecule has 1 unspecified atom stereocenters. The fourth-order valence-electron chi connectivity index (χ4n) is 8.60. The van der Waals surface area contributed by atoms with Crippen LogP contribution >= 0.6 is 0 Å². The molecule has 6 heterocycles. The quantitative estimate of drug-likeness (QED) is 0.105. The maximum Gasteiger partial charge on any atom is 0.603 e. The summed E-state index contributed by atoms with van der Waals surface area (Å²) < 4.78 is 20.1. The molecule has 0 amide bonds. The van der Waals surface area contributed by atoms with E-state index in [0.29, 0.717) is 65.7 Å². The first-order valence-corrected chi connectivity index (χ1v) is 21.9. The second kappa shape index (κ2) is 14.6. The summed E-state index contributed by atoms with van der Waals surface area (Å²) in [4.78, 5) is 37.0. The number of hydrogen-bond acceptors (Lipinski definition) is 10. The molecular weight excluding hydrogens is 741 g/mol. The Morgan fingerprint density at radius 2 is 0.948 bits per heavy atom. The van der Waals surface area contributed by atoms with Gasteiger partial charge in [-0.1, -0.05) is 123 Å². The number of nitrogens with zero attached hydrogens (tertiary/aromatic N) is 10. The normalized spacial score (nSPS) is 17.5. The van der Waals surface area contributed by atoms with Gasteiger partial charge in [0.1, 0.15) is 22.6 Å². The average Bonchev–Trinajstić information content (AvgIpc) is 3.93. The summed E-state index contributed by atoms with van der Waals surface area (Å²) in [5.41, 5.74) is 4.96. The average molecular weight is 787 g/mol. The molecule has 58 heavy (non-hydrogen) atoms. The Morgan fingerprint density at radius 1 is 0.517 bits per heavy atom. The van der Waals surface area contributed by atoms with Crippen LogP contribution in [0.5, 0.6) is 0 Å². The third-order valence-corrected chi connectivity index (χ3v) is 14.3. The van der Waals surface area contributed by atoms with Gasteiger partial charge in [-0.05, 0) is 34.6 Å². The molecule has 2 aromatic heterocycles. The Hall–Kier alpha value is -5.70. The lowest BCUT2D eigenvalue weighted by atomic mass is 10.1. The van der Waals surface area contributed by atoms with Crippen LogP contribution in [0.15, 0.2) is 127 Å². The van der Waals surface area contributed by atoms with Crippen molar-refractivity contribution in [1.29, 1.82) is 0 Å². The SMILES string of the molecule is CCCCCCO[Si]1(OC(CN(C)C)CN(C)C)n2c3c4ccccc4c2N=C2N=C(N=c4c5ccccc5c(n41)=NC1=NC(=N3)c3ccccc31)c1ccccc12. The second-order valence-corrected chi connectivity index (χ2v) is 18.4. The molecule has 13 heteroatoms. The molecule has 4 aliphatic rings. The van der Waals surface area contributed by atoms with Crippen molar-refractivity contribution in [2.24, 2.45) is 30.0 Å². The molecule has 292 valence electrons. The molecule has 0 saturated heterocycles. The van der Waals surface area contributed by atoms with Gasteiger partial charge in [-0.2, -0.15) is 0 Å². The van der Waals surface area contributed by atoms with E-state index < -0.39 is 8.88 Å². The molecule has 1 atom stereocenters. The first kappa shape index (κ1) is 36.6. The first-order valence-electron chi connectivity index (χ1n) is 20.2. The Kier molecular flexibility index (Phi) is 9.22. The van der Waals surface area contributed by atoms with Crippen molar-refractivity contribution in [2.75, 3.05) is 47.9 Å². The topological polar surface area (TPSA) is 109 Å². The Labute approximate surface area is 338 Å². The van der Waals surface area contributed by atoms with Crippen molar-refractivity contribution in [3.8, 4) is 0 Å². The molecular formula is C45H46N10O2Si. The number of benzene rings is 4. The van der Waals surface area contributed by atoms with Crippen molar-refractivity contribution in [1.82, 2.24) is 18.3 Å². The second-order valence-electron chi connectivity index (χ2n) is 15.8. The zero-order chi connectivity index (χ0) is 39.5. The fraction of sp³-hybridized carbons (Fsp3) is 0.289. The number of aromatic nitrogens is 2. The molecule has 12 nitrogen and oxygen atoms in total.